The van der Waals surface area contributed by atoms with Gasteiger partial charge in [-0.1, -0.05) is 30.3 Å². The van der Waals surface area contributed by atoms with Crippen molar-refractivity contribution < 1.29 is 9.59 Å². The molecule has 1 aromatic carbocycles. The average Bonchev–Trinajstić information content (AvgIpc) is 3.26. The molecule has 2 heterocycles. The fraction of sp³-hybridized carbons (Fsp3) is 0.600. The molecule has 1 aliphatic carbocycles. The molecule has 4 heteroatoms. The number of piperidine rings is 1. The molecule has 0 N–H and O–H groups in total. The van der Waals surface area contributed by atoms with Gasteiger partial charge in [-0.15, -0.1) is 0 Å². The summed E-state index contributed by atoms with van der Waals surface area (Å²) in [6.45, 7) is 3.26. The Morgan fingerprint density at radius 2 is 1.58 bits per heavy atom. The molecule has 2 aliphatic heterocycles. The molecule has 1 saturated carbocycles. The summed E-state index contributed by atoms with van der Waals surface area (Å²) in [6.07, 6.45) is 5.11. The topological polar surface area (TPSA) is 40.6 Å². The third-order valence-electron chi connectivity index (χ3n) is 5.84. The number of likely N-dealkylation sites (tertiary alicyclic amines) is 2. The quantitative estimate of drug-likeness (QED) is 0.857. The molecule has 0 bridgehead atoms. The van der Waals surface area contributed by atoms with E-state index in [2.05, 4.69) is 12.1 Å². The van der Waals surface area contributed by atoms with Gasteiger partial charge in [0, 0.05) is 32.1 Å². The summed E-state index contributed by atoms with van der Waals surface area (Å²) in [5.41, 5.74) is 1.28. The SMILES string of the molecule is O=C(C1CCCN(C(=O)C2CC2c2ccccc2)C1)N1CCCC1. The van der Waals surface area contributed by atoms with E-state index in [1.807, 2.05) is 28.0 Å². The summed E-state index contributed by atoms with van der Waals surface area (Å²) in [5, 5.41) is 0. The molecular formula is C20H26N2O2. The van der Waals surface area contributed by atoms with Gasteiger partial charge in [-0.25, -0.2) is 0 Å². The fourth-order valence-electron chi connectivity index (χ4n) is 4.35. The number of carbonyl (C=O) groups excluding carboxylic acids is 2. The molecule has 0 aromatic heterocycles. The Morgan fingerprint density at radius 1 is 0.875 bits per heavy atom. The molecule has 3 aliphatic rings. The van der Waals surface area contributed by atoms with E-state index in [9.17, 15) is 9.59 Å². The van der Waals surface area contributed by atoms with E-state index in [1.54, 1.807) is 0 Å². The van der Waals surface area contributed by atoms with Crippen LogP contribution < -0.4 is 0 Å². The minimum Gasteiger partial charge on any atom is -0.342 e. The normalized spacial score (nSPS) is 29.6. The summed E-state index contributed by atoms with van der Waals surface area (Å²) in [7, 11) is 0. The maximum atomic E-state index is 12.8. The zero-order valence-electron chi connectivity index (χ0n) is 14.2. The largest absolute Gasteiger partial charge is 0.342 e. The van der Waals surface area contributed by atoms with Gasteiger partial charge >= 0.3 is 0 Å². The van der Waals surface area contributed by atoms with E-state index in [1.165, 1.54) is 5.56 Å². The number of amides is 2. The predicted octanol–water partition coefficient (Wildman–Crippen LogP) is 2.65. The highest BCUT2D eigenvalue weighted by Crippen LogP contribution is 2.48. The maximum absolute atomic E-state index is 12.8. The first kappa shape index (κ1) is 15.7. The van der Waals surface area contributed by atoms with Crippen molar-refractivity contribution in [3.8, 4) is 0 Å². The van der Waals surface area contributed by atoms with Gasteiger partial charge in [0.05, 0.1) is 5.92 Å². The number of hydrogen-bond acceptors (Lipinski definition) is 2. The van der Waals surface area contributed by atoms with Crippen LogP contribution in [-0.4, -0.2) is 47.8 Å². The van der Waals surface area contributed by atoms with Crippen molar-refractivity contribution in [2.75, 3.05) is 26.2 Å². The van der Waals surface area contributed by atoms with Crippen LogP contribution in [0.4, 0.5) is 0 Å². The third kappa shape index (κ3) is 3.06. The molecule has 128 valence electrons. The molecule has 4 nitrogen and oxygen atoms in total. The summed E-state index contributed by atoms with van der Waals surface area (Å²) in [5.74, 6) is 1.08. The van der Waals surface area contributed by atoms with Crippen molar-refractivity contribution in [3.63, 3.8) is 0 Å². The van der Waals surface area contributed by atoms with Gasteiger partial charge in [0.25, 0.3) is 0 Å². The van der Waals surface area contributed by atoms with E-state index in [0.717, 1.165) is 51.7 Å². The Balaban J connectivity index is 1.36. The Bertz CT molecular complexity index is 609. The van der Waals surface area contributed by atoms with Crippen molar-refractivity contribution in [2.24, 2.45) is 11.8 Å². The van der Waals surface area contributed by atoms with Crippen molar-refractivity contribution in [1.29, 1.82) is 0 Å². The van der Waals surface area contributed by atoms with Crippen LogP contribution in [0.2, 0.25) is 0 Å². The van der Waals surface area contributed by atoms with Gasteiger partial charge < -0.3 is 9.80 Å². The minimum atomic E-state index is 0.0229. The van der Waals surface area contributed by atoms with E-state index >= 15 is 0 Å². The molecule has 2 saturated heterocycles. The maximum Gasteiger partial charge on any atom is 0.227 e. The standard InChI is InChI=1S/C20H26N2O2/c23-19(21-10-4-5-11-21)16-9-6-12-22(14-16)20(24)18-13-17(18)15-7-2-1-3-8-15/h1-3,7-8,16-18H,4-6,9-14H2. The molecule has 3 atom stereocenters. The van der Waals surface area contributed by atoms with Crippen molar-refractivity contribution in [3.05, 3.63) is 35.9 Å². The smallest absolute Gasteiger partial charge is 0.227 e. The first-order valence-corrected chi connectivity index (χ1v) is 9.36. The lowest BCUT2D eigenvalue weighted by molar-refractivity contribution is -0.140. The zero-order valence-corrected chi connectivity index (χ0v) is 14.2. The number of carbonyl (C=O) groups is 2. The van der Waals surface area contributed by atoms with Crippen LogP contribution in [0, 0.1) is 11.8 Å². The van der Waals surface area contributed by atoms with Crippen molar-refractivity contribution >= 4 is 11.8 Å². The van der Waals surface area contributed by atoms with Crippen LogP contribution in [0.5, 0.6) is 0 Å². The molecule has 3 unspecified atom stereocenters. The van der Waals surface area contributed by atoms with Gasteiger partial charge in [-0.2, -0.15) is 0 Å². The zero-order chi connectivity index (χ0) is 16.5. The lowest BCUT2D eigenvalue weighted by atomic mass is 9.96. The highest BCUT2D eigenvalue weighted by molar-refractivity contribution is 5.85. The number of nitrogens with zero attached hydrogens (tertiary/aromatic N) is 2. The van der Waals surface area contributed by atoms with Crippen molar-refractivity contribution in [1.82, 2.24) is 9.80 Å². The van der Waals surface area contributed by atoms with Gasteiger partial charge in [0.1, 0.15) is 0 Å². The Kier molecular flexibility index (Phi) is 4.30. The lowest BCUT2D eigenvalue weighted by Crippen LogP contribution is -2.46. The van der Waals surface area contributed by atoms with E-state index in [0.29, 0.717) is 12.5 Å². The summed E-state index contributed by atoms with van der Waals surface area (Å²) in [6, 6.07) is 10.3. The van der Waals surface area contributed by atoms with E-state index < -0.39 is 0 Å². The summed E-state index contributed by atoms with van der Waals surface area (Å²) >= 11 is 0. The monoisotopic (exact) mass is 326 g/mol. The van der Waals surface area contributed by atoms with Gasteiger partial charge in [0.15, 0.2) is 0 Å². The van der Waals surface area contributed by atoms with Crippen LogP contribution in [0.1, 0.15) is 43.6 Å². The average molecular weight is 326 g/mol. The number of benzene rings is 1. The molecule has 3 fully saturated rings. The molecule has 2 amide bonds. The van der Waals surface area contributed by atoms with Gasteiger partial charge in [-0.05, 0) is 43.6 Å². The van der Waals surface area contributed by atoms with Crippen LogP contribution in [-0.2, 0) is 9.59 Å². The van der Waals surface area contributed by atoms with Crippen LogP contribution in [0.3, 0.4) is 0 Å². The van der Waals surface area contributed by atoms with Gasteiger partial charge in [-0.3, -0.25) is 9.59 Å². The lowest BCUT2D eigenvalue weighted by Gasteiger charge is -2.34. The second-order valence-corrected chi connectivity index (χ2v) is 7.52. The predicted molar refractivity (Wildman–Crippen MR) is 92.4 cm³/mol. The molecule has 4 rings (SSSR count). The number of rotatable bonds is 3. The van der Waals surface area contributed by atoms with Crippen LogP contribution >= 0.6 is 0 Å². The second-order valence-electron chi connectivity index (χ2n) is 7.52. The summed E-state index contributed by atoms with van der Waals surface area (Å²) in [4.78, 5) is 29.4. The number of hydrogen-bond donors (Lipinski definition) is 0. The molecule has 24 heavy (non-hydrogen) atoms. The first-order chi connectivity index (χ1) is 11.7. The van der Waals surface area contributed by atoms with E-state index in [4.69, 9.17) is 0 Å². The fourth-order valence-corrected chi connectivity index (χ4v) is 4.35. The van der Waals surface area contributed by atoms with Crippen molar-refractivity contribution in [2.45, 2.75) is 38.0 Å². The second kappa shape index (κ2) is 6.58. The molecule has 1 aromatic rings. The molecule has 0 radical (unpaired) electrons. The summed E-state index contributed by atoms with van der Waals surface area (Å²) < 4.78 is 0. The molecular weight excluding hydrogens is 300 g/mol. The Morgan fingerprint density at radius 3 is 2.33 bits per heavy atom. The van der Waals surface area contributed by atoms with Crippen LogP contribution in [0.25, 0.3) is 0 Å². The van der Waals surface area contributed by atoms with Gasteiger partial charge in [0.2, 0.25) is 11.8 Å². The third-order valence-corrected chi connectivity index (χ3v) is 5.84. The van der Waals surface area contributed by atoms with Crippen LogP contribution in [0.15, 0.2) is 30.3 Å². The minimum absolute atomic E-state index is 0.0229. The van der Waals surface area contributed by atoms with E-state index in [-0.39, 0.29) is 23.7 Å². The molecule has 0 spiro atoms. The highest BCUT2D eigenvalue weighted by atomic mass is 16.2. The Hall–Kier alpha value is -1.84. The Labute approximate surface area is 143 Å². The first-order valence-electron chi connectivity index (χ1n) is 9.36. The highest BCUT2D eigenvalue weighted by Gasteiger charge is 2.46.